The normalized spacial score (nSPS) is 16.8. The molecular weight excluding hydrogens is 294 g/mol. The van der Waals surface area contributed by atoms with Crippen molar-refractivity contribution < 1.29 is 4.74 Å². The molecule has 0 fully saturated rings. The Bertz CT molecular complexity index is 855. The molecule has 0 heterocycles. The van der Waals surface area contributed by atoms with Crippen molar-refractivity contribution in [1.29, 1.82) is 0 Å². The predicted molar refractivity (Wildman–Crippen MR) is 99.5 cm³/mol. The largest absolute Gasteiger partial charge is 0.497 e. The average Bonchev–Trinajstić information content (AvgIpc) is 2.65. The van der Waals surface area contributed by atoms with Crippen molar-refractivity contribution in [3.63, 3.8) is 0 Å². The SMILES string of the molecule is COc1ccc2cc(CN[C@H]3CCCc4ccccc43)ccc2c1. The van der Waals surface area contributed by atoms with Crippen LogP contribution in [-0.4, -0.2) is 7.11 Å². The van der Waals surface area contributed by atoms with Crippen molar-refractivity contribution in [2.24, 2.45) is 0 Å². The molecule has 2 nitrogen and oxygen atoms in total. The fourth-order valence-corrected chi connectivity index (χ4v) is 3.72. The van der Waals surface area contributed by atoms with E-state index < -0.39 is 0 Å². The van der Waals surface area contributed by atoms with Crippen LogP contribution in [0.3, 0.4) is 0 Å². The van der Waals surface area contributed by atoms with Crippen molar-refractivity contribution in [2.45, 2.75) is 31.8 Å². The molecule has 0 unspecified atom stereocenters. The van der Waals surface area contributed by atoms with E-state index in [-0.39, 0.29) is 0 Å². The lowest BCUT2D eigenvalue weighted by atomic mass is 9.87. The quantitative estimate of drug-likeness (QED) is 0.730. The summed E-state index contributed by atoms with van der Waals surface area (Å²) < 4.78 is 5.30. The van der Waals surface area contributed by atoms with E-state index in [1.54, 1.807) is 7.11 Å². The number of benzene rings is 3. The summed E-state index contributed by atoms with van der Waals surface area (Å²) in [6.45, 7) is 0.904. The third-order valence-corrected chi connectivity index (χ3v) is 5.03. The van der Waals surface area contributed by atoms with E-state index >= 15 is 0 Å². The fraction of sp³-hybridized carbons (Fsp3) is 0.273. The zero-order valence-corrected chi connectivity index (χ0v) is 14.1. The van der Waals surface area contributed by atoms with E-state index in [1.807, 2.05) is 6.07 Å². The molecule has 1 aliphatic carbocycles. The van der Waals surface area contributed by atoms with E-state index in [2.05, 4.69) is 59.9 Å². The Morgan fingerprint density at radius 3 is 2.75 bits per heavy atom. The standard InChI is InChI=1S/C22H23NO/c1-24-20-12-11-18-13-16(9-10-19(18)14-20)15-23-22-8-4-6-17-5-2-3-7-21(17)22/h2-3,5,7,9-14,22-23H,4,6,8,15H2,1H3/t22-/m0/s1. The fourth-order valence-electron chi connectivity index (χ4n) is 3.72. The summed E-state index contributed by atoms with van der Waals surface area (Å²) in [5.74, 6) is 0.909. The number of aryl methyl sites for hydroxylation is 1. The second-order valence-electron chi connectivity index (χ2n) is 6.57. The molecule has 4 rings (SSSR count). The van der Waals surface area contributed by atoms with E-state index in [1.165, 1.54) is 46.7 Å². The lowest BCUT2D eigenvalue weighted by molar-refractivity contribution is 0.415. The first-order valence-corrected chi connectivity index (χ1v) is 8.71. The summed E-state index contributed by atoms with van der Waals surface area (Å²) >= 11 is 0. The zero-order chi connectivity index (χ0) is 16.4. The maximum atomic E-state index is 5.30. The van der Waals surface area contributed by atoms with E-state index in [0.29, 0.717) is 6.04 Å². The molecule has 122 valence electrons. The van der Waals surface area contributed by atoms with Gasteiger partial charge in [-0.05, 0) is 64.9 Å². The summed E-state index contributed by atoms with van der Waals surface area (Å²) in [4.78, 5) is 0. The Hall–Kier alpha value is -2.32. The molecule has 0 spiro atoms. The van der Waals surface area contributed by atoms with Crippen LogP contribution in [0.5, 0.6) is 5.75 Å². The van der Waals surface area contributed by atoms with Crippen LogP contribution in [0.1, 0.15) is 35.6 Å². The maximum absolute atomic E-state index is 5.30. The lowest BCUT2D eigenvalue weighted by Gasteiger charge is -2.26. The third-order valence-electron chi connectivity index (χ3n) is 5.03. The average molecular weight is 317 g/mol. The molecule has 3 aromatic carbocycles. The highest BCUT2D eigenvalue weighted by Gasteiger charge is 2.18. The van der Waals surface area contributed by atoms with Crippen LogP contribution in [0.4, 0.5) is 0 Å². The van der Waals surface area contributed by atoms with Crippen molar-refractivity contribution in [2.75, 3.05) is 7.11 Å². The number of nitrogens with one attached hydrogen (secondary N) is 1. The molecule has 0 saturated heterocycles. The molecule has 24 heavy (non-hydrogen) atoms. The highest BCUT2D eigenvalue weighted by atomic mass is 16.5. The van der Waals surface area contributed by atoms with Crippen LogP contribution in [0.25, 0.3) is 10.8 Å². The Kier molecular flexibility index (Phi) is 4.22. The van der Waals surface area contributed by atoms with Gasteiger partial charge in [0.15, 0.2) is 0 Å². The molecule has 2 heteroatoms. The van der Waals surface area contributed by atoms with Gasteiger partial charge in [-0.1, -0.05) is 42.5 Å². The Morgan fingerprint density at radius 1 is 1.00 bits per heavy atom. The van der Waals surface area contributed by atoms with Crippen molar-refractivity contribution >= 4 is 10.8 Å². The van der Waals surface area contributed by atoms with E-state index in [0.717, 1.165) is 12.3 Å². The lowest BCUT2D eigenvalue weighted by Crippen LogP contribution is -2.24. The molecule has 3 aromatic rings. The van der Waals surface area contributed by atoms with Gasteiger partial charge in [-0.15, -0.1) is 0 Å². The van der Waals surface area contributed by atoms with Crippen LogP contribution in [0.15, 0.2) is 60.7 Å². The molecule has 0 radical (unpaired) electrons. The Balaban J connectivity index is 1.51. The van der Waals surface area contributed by atoms with Gasteiger partial charge in [-0.25, -0.2) is 0 Å². The number of ether oxygens (including phenoxy) is 1. The smallest absolute Gasteiger partial charge is 0.119 e. The first-order chi connectivity index (χ1) is 11.8. The van der Waals surface area contributed by atoms with Gasteiger partial charge in [-0.2, -0.15) is 0 Å². The highest BCUT2D eigenvalue weighted by molar-refractivity contribution is 5.84. The first-order valence-electron chi connectivity index (χ1n) is 8.71. The first kappa shape index (κ1) is 15.2. The van der Waals surface area contributed by atoms with Crippen LogP contribution >= 0.6 is 0 Å². The van der Waals surface area contributed by atoms with Gasteiger partial charge in [0.2, 0.25) is 0 Å². The number of methoxy groups -OCH3 is 1. The second-order valence-corrected chi connectivity index (χ2v) is 6.57. The van der Waals surface area contributed by atoms with Gasteiger partial charge in [-0.3, -0.25) is 0 Å². The predicted octanol–water partition coefficient (Wildman–Crippen LogP) is 5.02. The Morgan fingerprint density at radius 2 is 1.83 bits per heavy atom. The summed E-state index contributed by atoms with van der Waals surface area (Å²) in [7, 11) is 1.71. The summed E-state index contributed by atoms with van der Waals surface area (Å²) in [6, 6.07) is 22.2. The molecule has 1 aliphatic rings. The number of rotatable bonds is 4. The molecule has 1 N–H and O–H groups in total. The van der Waals surface area contributed by atoms with Gasteiger partial charge in [0, 0.05) is 12.6 Å². The minimum absolute atomic E-state index is 0.474. The summed E-state index contributed by atoms with van der Waals surface area (Å²) in [5, 5.41) is 6.24. The molecular formula is C22H23NO. The van der Waals surface area contributed by atoms with Crippen molar-refractivity contribution in [3.05, 3.63) is 77.4 Å². The van der Waals surface area contributed by atoms with Crippen molar-refractivity contribution in [3.8, 4) is 5.75 Å². The molecule has 1 atom stereocenters. The molecule has 0 amide bonds. The number of hydrogen-bond donors (Lipinski definition) is 1. The Labute approximate surface area is 143 Å². The van der Waals surface area contributed by atoms with Crippen LogP contribution in [0, 0.1) is 0 Å². The zero-order valence-electron chi connectivity index (χ0n) is 14.1. The number of hydrogen-bond acceptors (Lipinski definition) is 2. The van der Waals surface area contributed by atoms with Gasteiger partial charge in [0.25, 0.3) is 0 Å². The minimum atomic E-state index is 0.474. The molecule has 0 aromatic heterocycles. The summed E-state index contributed by atoms with van der Waals surface area (Å²) in [5.41, 5.74) is 4.32. The van der Waals surface area contributed by atoms with Gasteiger partial charge >= 0.3 is 0 Å². The van der Waals surface area contributed by atoms with Gasteiger partial charge in [0.05, 0.1) is 7.11 Å². The second kappa shape index (κ2) is 6.66. The van der Waals surface area contributed by atoms with Crippen molar-refractivity contribution in [1.82, 2.24) is 5.32 Å². The van der Waals surface area contributed by atoms with E-state index in [4.69, 9.17) is 4.74 Å². The third kappa shape index (κ3) is 3.02. The van der Waals surface area contributed by atoms with E-state index in [9.17, 15) is 0 Å². The summed E-state index contributed by atoms with van der Waals surface area (Å²) in [6.07, 6.45) is 3.71. The molecule has 0 saturated carbocycles. The monoisotopic (exact) mass is 317 g/mol. The highest BCUT2D eigenvalue weighted by Crippen LogP contribution is 2.30. The minimum Gasteiger partial charge on any atom is -0.497 e. The van der Waals surface area contributed by atoms with Crippen LogP contribution in [-0.2, 0) is 13.0 Å². The van der Waals surface area contributed by atoms with Crippen LogP contribution in [0.2, 0.25) is 0 Å². The molecule has 0 aliphatic heterocycles. The van der Waals surface area contributed by atoms with Gasteiger partial charge in [0.1, 0.15) is 5.75 Å². The topological polar surface area (TPSA) is 21.3 Å². The van der Waals surface area contributed by atoms with Gasteiger partial charge < -0.3 is 10.1 Å². The molecule has 0 bridgehead atoms. The number of fused-ring (bicyclic) bond motifs is 2. The van der Waals surface area contributed by atoms with Crippen LogP contribution < -0.4 is 10.1 Å². The maximum Gasteiger partial charge on any atom is 0.119 e.